The van der Waals surface area contributed by atoms with Crippen molar-refractivity contribution in [3.8, 4) is 11.1 Å². The Morgan fingerprint density at radius 2 is 1.80 bits per heavy atom. The largest absolute Gasteiger partial charge is 0.341 e. The van der Waals surface area contributed by atoms with E-state index in [1.807, 2.05) is 23.2 Å². The molecule has 0 spiro atoms. The van der Waals surface area contributed by atoms with Gasteiger partial charge in [-0.05, 0) is 41.7 Å². The van der Waals surface area contributed by atoms with E-state index in [0.717, 1.165) is 49.3 Å². The molecular weight excluding hydrogens is 374 g/mol. The Kier molecular flexibility index (Phi) is 5.24. The Labute approximate surface area is 176 Å². The van der Waals surface area contributed by atoms with Gasteiger partial charge in [0.15, 0.2) is 0 Å². The van der Waals surface area contributed by atoms with Crippen molar-refractivity contribution in [3.05, 3.63) is 78.1 Å². The van der Waals surface area contributed by atoms with Crippen LogP contribution in [0, 0.1) is 0 Å². The Bertz CT molecular complexity index is 1010. The Balaban J connectivity index is 1.29. The van der Waals surface area contributed by atoms with Gasteiger partial charge in [-0.3, -0.25) is 14.7 Å². The molecule has 4 heterocycles. The molecule has 0 aliphatic carbocycles. The van der Waals surface area contributed by atoms with Gasteiger partial charge in [0.05, 0.1) is 12.2 Å². The molecule has 5 rings (SSSR count). The molecule has 1 atom stereocenters. The maximum atomic E-state index is 13.1. The fourth-order valence-corrected chi connectivity index (χ4v) is 4.65. The summed E-state index contributed by atoms with van der Waals surface area (Å²) in [5.41, 5.74) is 5.81. The van der Waals surface area contributed by atoms with Gasteiger partial charge in [0, 0.05) is 56.3 Å². The van der Waals surface area contributed by atoms with Gasteiger partial charge in [-0.25, -0.2) is 9.97 Å². The van der Waals surface area contributed by atoms with Crippen molar-refractivity contribution in [1.29, 1.82) is 0 Å². The number of carbonyl (C=O) groups excluding carboxylic acids is 1. The average molecular weight is 399 g/mol. The lowest BCUT2D eigenvalue weighted by atomic mass is 9.90. The number of pyridine rings is 1. The van der Waals surface area contributed by atoms with Crippen LogP contribution in [0.4, 0.5) is 0 Å². The molecule has 2 aromatic heterocycles. The van der Waals surface area contributed by atoms with Crippen LogP contribution in [0.5, 0.6) is 0 Å². The van der Waals surface area contributed by atoms with Gasteiger partial charge in [-0.1, -0.05) is 24.3 Å². The SMILES string of the molecule is O=C(CN1Cc2ccccc2C1)N1CCC[C@H](c2ncncc2-c2ccncc2)C1. The van der Waals surface area contributed by atoms with Crippen LogP contribution in [-0.4, -0.2) is 50.3 Å². The fourth-order valence-electron chi connectivity index (χ4n) is 4.65. The molecule has 1 saturated heterocycles. The molecule has 3 aromatic rings. The summed E-state index contributed by atoms with van der Waals surface area (Å²) < 4.78 is 0. The molecule has 0 saturated carbocycles. The van der Waals surface area contributed by atoms with Crippen molar-refractivity contribution >= 4 is 5.91 Å². The first kappa shape index (κ1) is 18.9. The summed E-state index contributed by atoms with van der Waals surface area (Å²) in [6.07, 6.45) is 9.10. The Hall–Kier alpha value is -3.12. The van der Waals surface area contributed by atoms with E-state index in [9.17, 15) is 4.79 Å². The topological polar surface area (TPSA) is 62.2 Å². The standard InChI is InChI=1S/C24H25N5O/c30-23(16-28-13-19-4-1-2-5-20(19)14-28)29-11-3-6-21(15-29)24-22(12-26-17-27-24)18-7-9-25-10-8-18/h1-2,4-5,7-10,12,17,21H,3,6,11,13-16H2/t21-/m0/s1. The van der Waals surface area contributed by atoms with E-state index < -0.39 is 0 Å². The first-order valence-corrected chi connectivity index (χ1v) is 10.5. The molecule has 30 heavy (non-hydrogen) atoms. The number of piperidine rings is 1. The Morgan fingerprint density at radius 1 is 1.03 bits per heavy atom. The second-order valence-corrected chi connectivity index (χ2v) is 8.15. The molecular formula is C24H25N5O. The van der Waals surface area contributed by atoms with E-state index in [2.05, 4.69) is 44.1 Å². The van der Waals surface area contributed by atoms with Crippen molar-refractivity contribution in [2.75, 3.05) is 19.6 Å². The fraction of sp³-hybridized carbons (Fsp3) is 0.333. The quantitative estimate of drug-likeness (QED) is 0.674. The number of likely N-dealkylation sites (tertiary alicyclic amines) is 1. The van der Waals surface area contributed by atoms with E-state index in [0.29, 0.717) is 13.1 Å². The first-order valence-electron chi connectivity index (χ1n) is 10.5. The van der Waals surface area contributed by atoms with E-state index in [1.165, 1.54) is 11.1 Å². The molecule has 1 fully saturated rings. The zero-order valence-electron chi connectivity index (χ0n) is 16.9. The van der Waals surface area contributed by atoms with Crippen LogP contribution in [-0.2, 0) is 17.9 Å². The molecule has 6 nitrogen and oxygen atoms in total. The summed E-state index contributed by atoms with van der Waals surface area (Å²) in [5, 5.41) is 0. The Morgan fingerprint density at radius 3 is 2.57 bits per heavy atom. The number of amides is 1. The van der Waals surface area contributed by atoms with Gasteiger partial charge in [0.25, 0.3) is 0 Å². The van der Waals surface area contributed by atoms with Gasteiger partial charge >= 0.3 is 0 Å². The molecule has 152 valence electrons. The lowest BCUT2D eigenvalue weighted by Crippen LogP contribution is -2.43. The zero-order chi connectivity index (χ0) is 20.3. The van der Waals surface area contributed by atoms with Crippen molar-refractivity contribution in [3.63, 3.8) is 0 Å². The third-order valence-electron chi connectivity index (χ3n) is 6.16. The highest BCUT2D eigenvalue weighted by Gasteiger charge is 2.29. The zero-order valence-corrected chi connectivity index (χ0v) is 16.9. The van der Waals surface area contributed by atoms with Crippen LogP contribution in [0.1, 0.15) is 35.6 Å². The van der Waals surface area contributed by atoms with Gasteiger partial charge in [-0.15, -0.1) is 0 Å². The number of aromatic nitrogens is 3. The maximum absolute atomic E-state index is 13.1. The van der Waals surface area contributed by atoms with E-state index >= 15 is 0 Å². The number of fused-ring (bicyclic) bond motifs is 1. The van der Waals surface area contributed by atoms with Crippen molar-refractivity contribution in [1.82, 2.24) is 24.8 Å². The smallest absolute Gasteiger partial charge is 0.236 e. The summed E-state index contributed by atoms with van der Waals surface area (Å²) in [7, 11) is 0. The third kappa shape index (κ3) is 3.83. The highest BCUT2D eigenvalue weighted by Crippen LogP contribution is 2.32. The van der Waals surface area contributed by atoms with Crippen LogP contribution < -0.4 is 0 Å². The van der Waals surface area contributed by atoms with E-state index in [-0.39, 0.29) is 11.8 Å². The number of rotatable bonds is 4. The lowest BCUT2D eigenvalue weighted by Gasteiger charge is -2.34. The monoisotopic (exact) mass is 399 g/mol. The molecule has 2 aliphatic rings. The predicted molar refractivity (Wildman–Crippen MR) is 114 cm³/mol. The molecule has 0 unspecified atom stereocenters. The maximum Gasteiger partial charge on any atom is 0.236 e. The van der Waals surface area contributed by atoms with Crippen molar-refractivity contribution in [2.45, 2.75) is 31.8 Å². The lowest BCUT2D eigenvalue weighted by molar-refractivity contribution is -0.133. The number of benzene rings is 1. The summed E-state index contributed by atoms with van der Waals surface area (Å²) >= 11 is 0. The minimum atomic E-state index is 0.215. The summed E-state index contributed by atoms with van der Waals surface area (Å²) in [4.78, 5) is 30.3. The molecule has 2 aliphatic heterocycles. The van der Waals surface area contributed by atoms with Crippen LogP contribution in [0.2, 0.25) is 0 Å². The van der Waals surface area contributed by atoms with Crippen LogP contribution in [0.3, 0.4) is 0 Å². The minimum absolute atomic E-state index is 0.215. The van der Waals surface area contributed by atoms with Crippen molar-refractivity contribution in [2.24, 2.45) is 0 Å². The average Bonchev–Trinajstić information content (AvgIpc) is 3.22. The van der Waals surface area contributed by atoms with E-state index in [1.54, 1.807) is 18.7 Å². The molecule has 0 bridgehead atoms. The summed E-state index contributed by atoms with van der Waals surface area (Å²) in [5.74, 6) is 0.441. The summed E-state index contributed by atoms with van der Waals surface area (Å²) in [6, 6.07) is 12.4. The summed E-state index contributed by atoms with van der Waals surface area (Å²) in [6.45, 7) is 3.73. The number of hydrogen-bond acceptors (Lipinski definition) is 5. The molecule has 1 amide bonds. The van der Waals surface area contributed by atoms with Crippen LogP contribution in [0.25, 0.3) is 11.1 Å². The highest BCUT2D eigenvalue weighted by molar-refractivity contribution is 5.78. The first-order chi connectivity index (χ1) is 14.8. The van der Waals surface area contributed by atoms with Crippen molar-refractivity contribution < 1.29 is 4.79 Å². The molecule has 6 heteroatoms. The molecule has 0 N–H and O–H groups in total. The van der Waals surface area contributed by atoms with Gasteiger partial charge in [-0.2, -0.15) is 0 Å². The molecule has 1 aromatic carbocycles. The minimum Gasteiger partial charge on any atom is -0.341 e. The van der Waals surface area contributed by atoms with E-state index in [4.69, 9.17) is 0 Å². The number of nitrogens with zero attached hydrogens (tertiary/aromatic N) is 5. The second-order valence-electron chi connectivity index (χ2n) is 8.15. The van der Waals surface area contributed by atoms with Gasteiger partial charge < -0.3 is 4.90 Å². The van der Waals surface area contributed by atoms with Gasteiger partial charge in [0.2, 0.25) is 5.91 Å². The predicted octanol–water partition coefficient (Wildman–Crippen LogP) is 3.26. The normalized spacial score (nSPS) is 18.9. The van der Waals surface area contributed by atoms with Crippen LogP contribution in [0.15, 0.2) is 61.3 Å². The van der Waals surface area contributed by atoms with Gasteiger partial charge in [0.1, 0.15) is 6.33 Å². The molecule has 0 radical (unpaired) electrons. The number of hydrogen-bond donors (Lipinski definition) is 0. The second kappa shape index (κ2) is 8.32. The number of carbonyl (C=O) groups is 1. The van der Waals surface area contributed by atoms with Crippen LogP contribution >= 0.6 is 0 Å². The highest BCUT2D eigenvalue weighted by atomic mass is 16.2. The third-order valence-corrected chi connectivity index (χ3v) is 6.16.